The predicted octanol–water partition coefficient (Wildman–Crippen LogP) is 2.38. The number of hydrogen-bond donors (Lipinski definition) is 2. The molecule has 1 atom stereocenters. The third-order valence-electron chi connectivity index (χ3n) is 3.87. The summed E-state index contributed by atoms with van der Waals surface area (Å²) in [4.78, 5) is 40.9. The number of rotatable bonds is 6. The second-order valence-electron chi connectivity index (χ2n) is 6.38. The van der Waals surface area contributed by atoms with Gasteiger partial charge in [0.1, 0.15) is 0 Å². The van der Waals surface area contributed by atoms with E-state index < -0.39 is 17.2 Å². The molecule has 7 nitrogen and oxygen atoms in total. The average Bonchev–Trinajstić information content (AvgIpc) is 2.61. The Balaban J connectivity index is 2.37. The van der Waals surface area contributed by atoms with E-state index in [2.05, 4.69) is 29.5 Å². The minimum atomic E-state index is -0.578. The van der Waals surface area contributed by atoms with E-state index in [0.29, 0.717) is 28.5 Å². The Morgan fingerprint density at radius 2 is 1.92 bits per heavy atom. The van der Waals surface area contributed by atoms with E-state index in [9.17, 15) is 14.4 Å². The first-order valence-corrected chi connectivity index (χ1v) is 9.40. The molecule has 0 bridgehead atoms. The molecule has 26 heavy (non-hydrogen) atoms. The van der Waals surface area contributed by atoms with Gasteiger partial charge in [0, 0.05) is 13.6 Å². The van der Waals surface area contributed by atoms with Gasteiger partial charge in [-0.3, -0.25) is 19.5 Å². The number of aromatic nitrogens is 2. The first kappa shape index (κ1) is 20.0. The third kappa shape index (κ3) is 4.85. The largest absolute Gasteiger partial charge is 0.341 e. The van der Waals surface area contributed by atoms with Crippen LogP contribution in [0.4, 0.5) is 4.79 Å². The van der Waals surface area contributed by atoms with Crippen molar-refractivity contribution in [3.8, 4) is 0 Å². The molecule has 0 fully saturated rings. The molecule has 0 aliphatic rings. The van der Waals surface area contributed by atoms with Crippen molar-refractivity contribution in [3.05, 3.63) is 34.6 Å². The van der Waals surface area contributed by atoms with E-state index in [4.69, 9.17) is 0 Å². The first-order valence-electron chi connectivity index (χ1n) is 8.52. The maximum absolute atomic E-state index is 12.9. The fourth-order valence-electron chi connectivity index (χ4n) is 2.31. The topological polar surface area (TPSA) is 93.1 Å². The van der Waals surface area contributed by atoms with Crippen LogP contribution in [0.2, 0.25) is 0 Å². The molecule has 2 aromatic rings. The number of carbonyl (C=O) groups excluding carboxylic acids is 2. The molecular formula is C18H24N4O3S. The first-order chi connectivity index (χ1) is 12.3. The highest BCUT2D eigenvalue weighted by Gasteiger charge is 2.20. The van der Waals surface area contributed by atoms with Crippen LogP contribution in [-0.2, 0) is 11.3 Å². The summed E-state index contributed by atoms with van der Waals surface area (Å²) >= 11 is 1.17. The third-order valence-corrected chi connectivity index (χ3v) is 4.96. The molecule has 0 radical (unpaired) electrons. The van der Waals surface area contributed by atoms with Gasteiger partial charge in [-0.1, -0.05) is 37.7 Å². The van der Waals surface area contributed by atoms with Gasteiger partial charge in [0.05, 0.1) is 16.2 Å². The summed E-state index contributed by atoms with van der Waals surface area (Å²) in [5.74, 6) is -0.00707. The van der Waals surface area contributed by atoms with Gasteiger partial charge in [-0.25, -0.2) is 9.78 Å². The Hall–Kier alpha value is -2.35. The van der Waals surface area contributed by atoms with Crippen molar-refractivity contribution in [2.45, 2.75) is 44.1 Å². The zero-order chi connectivity index (χ0) is 19.3. The summed E-state index contributed by atoms with van der Waals surface area (Å²) in [6, 6.07) is 6.61. The SMILES string of the molecule is CNC(=O)NC(=O)[C@H](C)Sc1nc2ccccc2c(=O)n1CCC(C)C. The molecule has 0 aliphatic heterocycles. The number of fused-ring (bicyclic) bond motifs is 1. The molecule has 2 N–H and O–H groups in total. The quantitative estimate of drug-likeness (QED) is 0.596. The maximum atomic E-state index is 12.9. The Morgan fingerprint density at radius 1 is 1.23 bits per heavy atom. The molecule has 140 valence electrons. The number of hydrogen-bond acceptors (Lipinski definition) is 5. The van der Waals surface area contributed by atoms with Gasteiger partial charge in [0.15, 0.2) is 5.16 Å². The smallest absolute Gasteiger partial charge is 0.321 e. The monoisotopic (exact) mass is 376 g/mol. The normalized spacial score (nSPS) is 12.2. The molecule has 1 aromatic heterocycles. The molecule has 0 aliphatic carbocycles. The van der Waals surface area contributed by atoms with E-state index in [1.165, 1.54) is 18.8 Å². The summed E-state index contributed by atoms with van der Waals surface area (Å²) in [5, 5.41) is 5.05. The summed E-state index contributed by atoms with van der Waals surface area (Å²) in [5.41, 5.74) is 0.484. The number of carbonyl (C=O) groups is 2. The number of nitrogens with zero attached hydrogens (tertiary/aromatic N) is 2. The van der Waals surface area contributed by atoms with Crippen molar-refractivity contribution >= 4 is 34.6 Å². The molecule has 2 rings (SSSR count). The van der Waals surface area contributed by atoms with Crippen LogP contribution in [0.15, 0.2) is 34.2 Å². The number of amides is 3. The van der Waals surface area contributed by atoms with Crippen LogP contribution >= 0.6 is 11.8 Å². The van der Waals surface area contributed by atoms with E-state index in [0.717, 1.165) is 6.42 Å². The zero-order valence-corrected chi connectivity index (χ0v) is 16.2. The van der Waals surface area contributed by atoms with Crippen LogP contribution in [0.5, 0.6) is 0 Å². The molecule has 1 aromatic carbocycles. The molecule has 0 spiro atoms. The van der Waals surface area contributed by atoms with Crippen molar-refractivity contribution in [1.82, 2.24) is 20.2 Å². The zero-order valence-electron chi connectivity index (χ0n) is 15.4. The molecule has 8 heteroatoms. The predicted molar refractivity (Wildman–Crippen MR) is 103 cm³/mol. The van der Waals surface area contributed by atoms with Crippen LogP contribution in [0.3, 0.4) is 0 Å². The molecule has 0 saturated carbocycles. The van der Waals surface area contributed by atoms with Gasteiger partial charge >= 0.3 is 6.03 Å². The van der Waals surface area contributed by atoms with Crippen molar-refractivity contribution in [2.24, 2.45) is 5.92 Å². The lowest BCUT2D eigenvalue weighted by Gasteiger charge is -2.16. The lowest BCUT2D eigenvalue weighted by atomic mass is 10.1. The Morgan fingerprint density at radius 3 is 2.58 bits per heavy atom. The van der Waals surface area contributed by atoms with Gasteiger partial charge < -0.3 is 5.32 Å². The van der Waals surface area contributed by atoms with E-state index in [1.54, 1.807) is 23.6 Å². The fourth-order valence-corrected chi connectivity index (χ4v) is 3.24. The highest BCUT2D eigenvalue weighted by molar-refractivity contribution is 8.00. The van der Waals surface area contributed by atoms with Gasteiger partial charge in [-0.15, -0.1) is 0 Å². The number of urea groups is 1. The van der Waals surface area contributed by atoms with E-state index in [-0.39, 0.29) is 5.56 Å². The van der Waals surface area contributed by atoms with Gasteiger partial charge in [0.2, 0.25) is 5.91 Å². The van der Waals surface area contributed by atoms with Crippen LogP contribution in [0, 0.1) is 5.92 Å². The summed E-state index contributed by atoms with van der Waals surface area (Å²) in [7, 11) is 1.44. The summed E-state index contributed by atoms with van der Waals surface area (Å²) in [6.45, 7) is 6.38. The molecule has 0 unspecified atom stereocenters. The minimum absolute atomic E-state index is 0.113. The van der Waals surface area contributed by atoms with Crippen LogP contribution in [-0.4, -0.2) is 33.8 Å². The standard InChI is InChI=1S/C18H24N4O3S/c1-11(2)9-10-22-16(24)13-7-5-6-8-14(13)20-18(22)26-12(3)15(23)21-17(25)19-4/h5-8,11-12H,9-10H2,1-4H3,(H2,19,21,23,25)/t12-/m0/s1. The average molecular weight is 376 g/mol. The molecule has 1 heterocycles. The van der Waals surface area contributed by atoms with Crippen molar-refractivity contribution < 1.29 is 9.59 Å². The van der Waals surface area contributed by atoms with Crippen molar-refractivity contribution in [3.63, 3.8) is 0 Å². The van der Waals surface area contributed by atoms with Crippen LogP contribution < -0.4 is 16.2 Å². The molecule has 3 amide bonds. The number of benzene rings is 1. The number of imide groups is 1. The molecule has 0 saturated heterocycles. The van der Waals surface area contributed by atoms with Gasteiger partial charge in [-0.2, -0.15) is 0 Å². The Bertz CT molecular complexity index is 863. The lowest BCUT2D eigenvalue weighted by molar-refractivity contribution is -0.119. The highest BCUT2D eigenvalue weighted by atomic mass is 32.2. The van der Waals surface area contributed by atoms with Crippen LogP contribution in [0.25, 0.3) is 10.9 Å². The lowest BCUT2D eigenvalue weighted by Crippen LogP contribution is -2.41. The second-order valence-corrected chi connectivity index (χ2v) is 7.69. The van der Waals surface area contributed by atoms with Crippen LogP contribution in [0.1, 0.15) is 27.2 Å². The van der Waals surface area contributed by atoms with E-state index >= 15 is 0 Å². The second kappa shape index (κ2) is 8.84. The van der Waals surface area contributed by atoms with Gasteiger partial charge in [0.25, 0.3) is 5.56 Å². The van der Waals surface area contributed by atoms with Crippen molar-refractivity contribution in [1.29, 1.82) is 0 Å². The van der Waals surface area contributed by atoms with E-state index in [1.807, 2.05) is 12.1 Å². The Labute approximate surface area is 156 Å². The fraction of sp³-hybridized carbons (Fsp3) is 0.444. The number of nitrogens with one attached hydrogen (secondary N) is 2. The minimum Gasteiger partial charge on any atom is -0.341 e. The summed E-state index contributed by atoms with van der Waals surface area (Å²) < 4.78 is 1.62. The Kier molecular flexibility index (Phi) is 6.79. The number of thioether (sulfide) groups is 1. The van der Waals surface area contributed by atoms with Crippen molar-refractivity contribution in [2.75, 3.05) is 7.05 Å². The maximum Gasteiger partial charge on any atom is 0.321 e. The summed E-state index contributed by atoms with van der Waals surface area (Å²) in [6.07, 6.45) is 0.826. The highest BCUT2D eigenvalue weighted by Crippen LogP contribution is 2.23. The van der Waals surface area contributed by atoms with Gasteiger partial charge in [-0.05, 0) is 31.4 Å². The molecular weight excluding hydrogens is 352 g/mol. The number of para-hydroxylation sites is 1.